The Bertz CT molecular complexity index is 431. The lowest BCUT2D eigenvalue weighted by atomic mass is 10.1. The van der Waals surface area contributed by atoms with E-state index in [9.17, 15) is 9.59 Å². The molecule has 0 aliphatic carbocycles. The molecular weight excluding hydrogens is 326 g/mol. The number of likely N-dealkylation sites (tertiary alicyclic amines) is 1. The largest absolute Gasteiger partial charge is 0.300 e. The minimum Gasteiger partial charge on any atom is -0.300 e. The molecule has 4 N–H and O–H groups in total. The molecule has 0 aromatic rings. The van der Waals surface area contributed by atoms with Gasteiger partial charge in [0, 0.05) is 36.7 Å². The van der Waals surface area contributed by atoms with E-state index >= 15 is 0 Å². The number of nitrogens with one attached hydrogen (secondary N) is 4. The first-order valence-corrected chi connectivity index (χ1v) is 9.42. The summed E-state index contributed by atoms with van der Waals surface area (Å²) >= 11 is 1.49. The third-order valence-corrected chi connectivity index (χ3v) is 4.49. The SMILES string of the molecule is CC(C)(C)NCNCSC1CC(=O)N(CNCNC(C)(C)C)C1=O. The predicted molar refractivity (Wildman–Crippen MR) is 99.4 cm³/mol. The third-order valence-electron chi connectivity index (χ3n) is 3.35. The van der Waals surface area contributed by atoms with Crippen LogP contribution >= 0.6 is 11.8 Å². The Morgan fingerprint density at radius 3 is 2.08 bits per heavy atom. The second-order valence-electron chi connectivity index (χ2n) is 8.03. The van der Waals surface area contributed by atoms with E-state index < -0.39 is 0 Å². The summed E-state index contributed by atoms with van der Waals surface area (Å²) in [6.45, 7) is 14.0. The van der Waals surface area contributed by atoms with E-state index in [2.05, 4.69) is 62.8 Å². The van der Waals surface area contributed by atoms with E-state index in [0.29, 0.717) is 19.2 Å². The van der Waals surface area contributed by atoms with E-state index in [-0.39, 0.29) is 41.2 Å². The van der Waals surface area contributed by atoms with Gasteiger partial charge in [0.25, 0.3) is 0 Å². The topological polar surface area (TPSA) is 85.5 Å². The van der Waals surface area contributed by atoms with Gasteiger partial charge in [-0.3, -0.25) is 35.8 Å². The van der Waals surface area contributed by atoms with Gasteiger partial charge in [-0.05, 0) is 41.5 Å². The molecule has 0 radical (unpaired) electrons. The zero-order chi connectivity index (χ0) is 18.4. The molecule has 0 spiro atoms. The van der Waals surface area contributed by atoms with Crippen LogP contribution in [0.4, 0.5) is 0 Å². The smallest absolute Gasteiger partial charge is 0.243 e. The molecule has 0 aromatic heterocycles. The van der Waals surface area contributed by atoms with Crippen LogP contribution in [-0.2, 0) is 9.59 Å². The van der Waals surface area contributed by atoms with Crippen molar-refractivity contribution in [2.45, 2.75) is 64.3 Å². The summed E-state index contributed by atoms with van der Waals surface area (Å²) in [4.78, 5) is 25.6. The molecule has 0 saturated carbocycles. The van der Waals surface area contributed by atoms with Crippen molar-refractivity contribution in [1.29, 1.82) is 0 Å². The van der Waals surface area contributed by atoms with Crippen molar-refractivity contribution in [3.8, 4) is 0 Å². The Labute approximate surface area is 150 Å². The van der Waals surface area contributed by atoms with Crippen molar-refractivity contribution >= 4 is 23.6 Å². The molecular formula is C16H33N5O2S. The molecule has 1 saturated heterocycles. The predicted octanol–water partition coefficient (Wildman–Crippen LogP) is 0.633. The maximum absolute atomic E-state index is 12.3. The average Bonchev–Trinajstić information content (AvgIpc) is 2.67. The number of rotatable bonds is 9. The Morgan fingerprint density at radius 1 is 1.00 bits per heavy atom. The molecule has 0 bridgehead atoms. The van der Waals surface area contributed by atoms with Gasteiger partial charge < -0.3 is 0 Å². The number of nitrogens with zero attached hydrogens (tertiary/aromatic N) is 1. The van der Waals surface area contributed by atoms with E-state index in [0.717, 1.165) is 0 Å². The van der Waals surface area contributed by atoms with E-state index in [1.165, 1.54) is 16.7 Å². The number of carbonyl (C=O) groups is 2. The quantitative estimate of drug-likeness (QED) is 0.273. The minimum absolute atomic E-state index is 0.00280. The van der Waals surface area contributed by atoms with Gasteiger partial charge >= 0.3 is 0 Å². The number of carbonyl (C=O) groups excluding carboxylic acids is 2. The lowest BCUT2D eigenvalue weighted by Crippen LogP contribution is -2.47. The zero-order valence-electron chi connectivity index (χ0n) is 15.8. The van der Waals surface area contributed by atoms with E-state index in [1.54, 1.807) is 0 Å². The molecule has 1 aliphatic rings. The number of amides is 2. The maximum Gasteiger partial charge on any atom is 0.243 e. The van der Waals surface area contributed by atoms with Crippen LogP contribution in [0.1, 0.15) is 48.0 Å². The summed E-state index contributed by atoms with van der Waals surface area (Å²) < 4.78 is 0. The van der Waals surface area contributed by atoms with Crippen LogP contribution in [0.3, 0.4) is 0 Å². The first-order chi connectivity index (χ1) is 11.0. The molecule has 24 heavy (non-hydrogen) atoms. The van der Waals surface area contributed by atoms with Crippen LogP contribution in [0.15, 0.2) is 0 Å². The highest BCUT2D eigenvalue weighted by Gasteiger charge is 2.38. The van der Waals surface area contributed by atoms with Gasteiger partial charge in [0.2, 0.25) is 11.8 Å². The summed E-state index contributed by atoms with van der Waals surface area (Å²) in [5, 5.41) is 12.6. The second-order valence-corrected chi connectivity index (χ2v) is 9.22. The highest BCUT2D eigenvalue weighted by Crippen LogP contribution is 2.23. The lowest BCUT2D eigenvalue weighted by molar-refractivity contribution is -0.138. The summed E-state index contributed by atoms with van der Waals surface area (Å²) in [7, 11) is 0. The van der Waals surface area contributed by atoms with Crippen molar-refractivity contribution < 1.29 is 9.59 Å². The number of imide groups is 1. The molecule has 8 heteroatoms. The number of hydrogen-bond donors (Lipinski definition) is 4. The number of thioether (sulfide) groups is 1. The standard InChI is InChI=1S/C16H33N5O2S/c1-15(2,3)19-8-17-10-21-13(22)7-12(14(21)23)24-11-18-9-20-16(4,5)6/h12,17-20H,7-11H2,1-6H3. The molecule has 140 valence electrons. The van der Waals surface area contributed by atoms with Gasteiger partial charge in [0.1, 0.15) is 0 Å². The van der Waals surface area contributed by atoms with Crippen LogP contribution in [-0.4, -0.2) is 58.9 Å². The molecule has 0 aromatic carbocycles. The van der Waals surface area contributed by atoms with Gasteiger partial charge in [-0.15, -0.1) is 11.8 Å². The average molecular weight is 360 g/mol. The minimum atomic E-state index is -0.281. The first kappa shape index (κ1) is 21.4. The molecule has 2 amide bonds. The summed E-state index contributed by atoms with van der Waals surface area (Å²) in [6, 6.07) is 0. The highest BCUT2D eigenvalue weighted by atomic mass is 32.2. The van der Waals surface area contributed by atoms with Crippen molar-refractivity contribution in [2.75, 3.05) is 25.9 Å². The van der Waals surface area contributed by atoms with Gasteiger partial charge in [-0.2, -0.15) is 0 Å². The van der Waals surface area contributed by atoms with Crippen LogP contribution in [0.25, 0.3) is 0 Å². The molecule has 1 unspecified atom stereocenters. The van der Waals surface area contributed by atoms with Gasteiger partial charge in [-0.25, -0.2) is 0 Å². The monoisotopic (exact) mass is 359 g/mol. The Kier molecular flexibility index (Phi) is 8.14. The molecule has 1 fully saturated rings. The summed E-state index contributed by atoms with van der Waals surface area (Å²) in [5.41, 5.74) is 0.0531. The maximum atomic E-state index is 12.3. The van der Waals surface area contributed by atoms with Crippen LogP contribution < -0.4 is 21.3 Å². The summed E-state index contributed by atoms with van der Waals surface area (Å²) in [6.07, 6.45) is 0.284. The normalized spacial score (nSPS) is 19.4. The zero-order valence-corrected chi connectivity index (χ0v) is 16.6. The molecule has 1 heterocycles. The Morgan fingerprint density at radius 2 is 1.54 bits per heavy atom. The molecule has 7 nitrogen and oxygen atoms in total. The van der Waals surface area contributed by atoms with Crippen molar-refractivity contribution in [2.24, 2.45) is 0 Å². The Hall–Kier alpha value is -0.670. The summed E-state index contributed by atoms with van der Waals surface area (Å²) in [5.74, 6) is 0.437. The van der Waals surface area contributed by atoms with Gasteiger partial charge in [0.05, 0.1) is 11.9 Å². The lowest BCUT2D eigenvalue weighted by Gasteiger charge is -2.22. The molecule has 1 aliphatic heterocycles. The van der Waals surface area contributed by atoms with Crippen LogP contribution in [0, 0.1) is 0 Å². The van der Waals surface area contributed by atoms with Crippen molar-refractivity contribution in [1.82, 2.24) is 26.2 Å². The van der Waals surface area contributed by atoms with Crippen LogP contribution in [0.2, 0.25) is 0 Å². The molecule has 1 atom stereocenters. The van der Waals surface area contributed by atoms with Crippen molar-refractivity contribution in [3.63, 3.8) is 0 Å². The Balaban J connectivity index is 2.25. The van der Waals surface area contributed by atoms with Crippen molar-refractivity contribution in [3.05, 3.63) is 0 Å². The number of hydrogen-bond acceptors (Lipinski definition) is 7. The van der Waals surface area contributed by atoms with Gasteiger partial charge in [-0.1, -0.05) is 0 Å². The van der Waals surface area contributed by atoms with Gasteiger partial charge in [0.15, 0.2) is 0 Å². The fraction of sp³-hybridized carbons (Fsp3) is 0.875. The second kappa shape index (κ2) is 9.15. The first-order valence-electron chi connectivity index (χ1n) is 8.37. The fourth-order valence-corrected chi connectivity index (χ4v) is 2.93. The van der Waals surface area contributed by atoms with Crippen LogP contribution in [0.5, 0.6) is 0 Å². The van der Waals surface area contributed by atoms with E-state index in [1.807, 2.05) is 0 Å². The third kappa shape index (κ3) is 8.43. The molecule has 1 rings (SSSR count). The fourth-order valence-electron chi connectivity index (χ4n) is 1.98. The van der Waals surface area contributed by atoms with E-state index in [4.69, 9.17) is 0 Å². The highest BCUT2D eigenvalue weighted by molar-refractivity contribution is 8.00.